The third kappa shape index (κ3) is 4.55. The highest BCUT2D eigenvalue weighted by Gasteiger charge is 2.16. The summed E-state index contributed by atoms with van der Waals surface area (Å²) in [5.74, 6) is -0.195. The summed E-state index contributed by atoms with van der Waals surface area (Å²) in [6.07, 6.45) is 6.97. The van der Waals surface area contributed by atoms with Gasteiger partial charge in [-0.25, -0.2) is 9.67 Å². The Kier molecular flexibility index (Phi) is 5.97. The van der Waals surface area contributed by atoms with Gasteiger partial charge < -0.3 is 5.32 Å². The molecule has 33 heavy (non-hydrogen) atoms. The molecule has 0 aliphatic rings. The van der Waals surface area contributed by atoms with Crippen molar-refractivity contribution in [3.63, 3.8) is 0 Å². The van der Waals surface area contributed by atoms with Crippen LogP contribution in [-0.2, 0) is 6.54 Å². The fraction of sp³-hybridized carbons (Fsp3) is 0.0400. The molecule has 1 N–H and O–H groups in total. The van der Waals surface area contributed by atoms with Crippen molar-refractivity contribution in [1.29, 1.82) is 0 Å². The summed E-state index contributed by atoms with van der Waals surface area (Å²) in [7, 11) is 0. The number of nitrogens with zero attached hydrogens (tertiary/aromatic N) is 4. The maximum absolute atomic E-state index is 12.9. The highest BCUT2D eigenvalue weighted by molar-refractivity contribution is 7.17. The molecular weight excluding hydrogens is 454 g/mol. The van der Waals surface area contributed by atoms with Gasteiger partial charge in [0.15, 0.2) is 0 Å². The van der Waals surface area contributed by atoms with E-state index in [0.29, 0.717) is 21.5 Å². The van der Waals surface area contributed by atoms with Gasteiger partial charge in [-0.1, -0.05) is 48.0 Å². The number of amides is 1. The summed E-state index contributed by atoms with van der Waals surface area (Å²) in [6.45, 7) is 0.322. The Bertz CT molecular complexity index is 1400. The van der Waals surface area contributed by atoms with Crippen molar-refractivity contribution in [3.05, 3.63) is 107 Å². The van der Waals surface area contributed by atoms with Crippen LogP contribution in [0.4, 0.5) is 0 Å². The van der Waals surface area contributed by atoms with Crippen LogP contribution in [0.2, 0.25) is 5.02 Å². The van der Waals surface area contributed by atoms with Crippen LogP contribution in [0.3, 0.4) is 0 Å². The maximum Gasteiger partial charge on any atom is 0.263 e. The Morgan fingerprint density at radius 2 is 1.76 bits per heavy atom. The van der Waals surface area contributed by atoms with E-state index >= 15 is 0 Å². The number of para-hydroxylation sites is 1. The Morgan fingerprint density at radius 1 is 1.00 bits per heavy atom. The first-order chi connectivity index (χ1) is 16.2. The predicted molar refractivity (Wildman–Crippen MR) is 131 cm³/mol. The summed E-state index contributed by atoms with van der Waals surface area (Å²) >= 11 is 7.58. The summed E-state index contributed by atoms with van der Waals surface area (Å²) in [6, 6.07) is 21.1. The molecule has 0 unspecified atom stereocenters. The summed E-state index contributed by atoms with van der Waals surface area (Å²) < 4.78 is 1.82. The Labute approximate surface area is 199 Å². The van der Waals surface area contributed by atoms with Crippen molar-refractivity contribution < 1.29 is 4.79 Å². The Balaban J connectivity index is 1.39. The van der Waals surface area contributed by atoms with Crippen LogP contribution in [-0.4, -0.2) is 25.7 Å². The van der Waals surface area contributed by atoms with Gasteiger partial charge in [0, 0.05) is 41.8 Å². The van der Waals surface area contributed by atoms with Gasteiger partial charge in [-0.05, 0) is 30.3 Å². The fourth-order valence-corrected chi connectivity index (χ4v) is 4.56. The minimum absolute atomic E-state index is 0.195. The monoisotopic (exact) mass is 471 g/mol. The lowest BCUT2D eigenvalue weighted by molar-refractivity contribution is 0.0955. The number of aromatic nitrogens is 4. The van der Waals surface area contributed by atoms with Crippen LogP contribution in [0.1, 0.15) is 15.2 Å². The summed E-state index contributed by atoms with van der Waals surface area (Å²) in [4.78, 5) is 21.9. The number of rotatable bonds is 6. The molecule has 162 valence electrons. The Hall–Kier alpha value is -3.81. The van der Waals surface area contributed by atoms with Gasteiger partial charge in [0.05, 0.1) is 22.6 Å². The van der Waals surface area contributed by atoms with Crippen LogP contribution in [0.25, 0.3) is 27.5 Å². The standard InChI is InChI=1S/C25H18ClN5OS/c26-21-9-5-4-8-20(21)25-29-15-22(33-25)24(32)28-14-18-16-31(19-6-2-1-3-7-19)30-23(18)17-10-12-27-13-11-17/h1-13,15-16H,14H2,(H,28,32). The predicted octanol–water partition coefficient (Wildman–Crippen LogP) is 5.64. The number of pyridine rings is 1. The molecule has 0 saturated carbocycles. The van der Waals surface area contributed by atoms with Crippen LogP contribution in [0.15, 0.2) is 91.5 Å². The van der Waals surface area contributed by atoms with Gasteiger partial charge in [-0.15, -0.1) is 11.3 Å². The molecule has 8 heteroatoms. The second kappa shape index (κ2) is 9.36. The van der Waals surface area contributed by atoms with Gasteiger partial charge in [0.1, 0.15) is 9.88 Å². The smallest absolute Gasteiger partial charge is 0.263 e. The zero-order valence-electron chi connectivity index (χ0n) is 17.4. The van der Waals surface area contributed by atoms with Crippen LogP contribution in [0.5, 0.6) is 0 Å². The molecule has 3 aromatic heterocycles. The van der Waals surface area contributed by atoms with E-state index in [1.807, 2.05) is 77.6 Å². The molecule has 0 radical (unpaired) electrons. The van der Waals surface area contributed by atoms with E-state index in [4.69, 9.17) is 16.7 Å². The van der Waals surface area contributed by atoms with Crippen molar-refractivity contribution >= 4 is 28.8 Å². The highest BCUT2D eigenvalue weighted by Crippen LogP contribution is 2.31. The number of halogens is 1. The number of thiazole rings is 1. The molecule has 0 spiro atoms. The highest BCUT2D eigenvalue weighted by atomic mass is 35.5. The minimum atomic E-state index is -0.195. The molecule has 5 rings (SSSR count). The number of benzene rings is 2. The van der Waals surface area contributed by atoms with Gasteiger partial charge in [-0.2, -0.15) is 5.10 Å². The lowest BCUT2D eigenvalue weighted by atomic mass is 10.1. The average Bonchev–Trinajstić information content (AvgIpc) is 3.52. The van der Waals surface area contributed by atoms with E-state index in [1.54, 1.807) is 18.6 Å². The molecular formula is C25H18ClN5OS. The van der Waals surface area contributed by atoms with Gasteiger partial charge in [-0.3, -0.25) is 9.78 Å². The number of hydrogen-bond acceptors (Lipinski definition) is 5. The van der Waals surface area contributed by atoms with Gasteiger partial charge in [0.2, 0.25) is 0 Å². The molecule has 5 aromatic rings. The summed E-state index contributed by atoms with van der Waals surface area (Å²) in [5, 5.41) is 9.08. The van der Waals surface area contributed by atoms with Crippen molar-refractivity contribution in [2.24, 2.45) is 0 Å². The van der Waals surface area contributed by atoms with E-state index in [1.165, 1.54) is 11.3 Å². The van der Waals surface area contributed by atoms with Crippen molar-refractivity contribution in [1.82, 2.24) is 25.1 Å². The molecule has 0 aliphatic heterocycles. The van der Waals surface area contributed by atoms with Crippen LogP contribution < -0.4 is 5.32 Å². The number of carbonyl (C=O) groups excluding carboxylic acids is 1. The molecule has 0 aliphatic carbocycles. The molecule has 6 nitrogen and oxygen atoms in total. The minimum Gasteiger partial charge on any atom is -0.347 e. The zero-order chi connectivity index (χ0) is 22.6. The van der Waals surface area contributed by atoms with E-state index in [0.717, 1.165) is 28.1 Å². The van der Waals surface area contributed by atoms with Crippen molar-refractivity contribution in [2.75, 3.05) is 0 Å². The molecule has 0 fully saturated rings. The first kappa shape index (κ1) is 21.1. The topological polar surface area (TPSA) is 72.7 Å². The van der Waals surface area contributed by atoms with Crippen molar-refractivity contribution in [2.45, 2.75) is 6.54 Å². The first-order valence-electron chi connectivity index (χ1n) is 10.2. The molecule has 2 aromatic carbocycles. The maximum atomic E-state index is 12.9. The Morgan fingerprint density at radius 3 is 2.55 bits per heavy atom. The van der Waals surface area contributed by atoms with Gasteiger partial charge in [0.25, 0.3) is 5.91 Å². The van der Waals surface area contributed by atoms with Crippen LogP contribution >= 0.6 is 22.9 Å². The average molecular weight is 472 g/mol. The lowest BCUT2D eigenvalue weighted by Crippen LogP contribution is -2.21. The van der Waals surface area contributed by atoms with E-state index in [-0.39, 0.29) is 5.91 Å². The third-order valence-electron chi connectivity index (χ3n) is 5.04. The molecule has 0 saturated heterocycles. The molecule has 0 atom stereocenters. The third-order valence-corrected chi connectivity index (χ3v) is 6.40. The van der Waals surface area contributed by atoms with E-state index in [9.17, 15) is 4.79 Å². The fourth-order valence-electron chi connectivity index (χ4n) is 3.41. The first-order valence-corrected chi connectivity index (χ1v) is 11.4. The second-order valence-electron chi connectivity index (χ2n) is 7.21. The lowest BCUT2D eigenvalue weighted by Gasteiger charge is -2.04. The number of hydrogen-bond donors (Lipinski definition) is 1. The van der Waals surface area contributed by atoms with E-state index < -0.39 is 0 Å². The van der Waals surface area contributed by atoms with Gasteiger partial charge >= 0.3 is 0 Å². The largest absolute Gasteiger partial charge is 0.347 e. The second-order valence-corrected chi connectivity index (χ2v) is 8.65. The zero-order valence-corrected chi connectivity index (χ0v) is 18.9. The summed E-state index contributed by atoms with van der Waals surface area (Å²) in [5.41, 5.74) is 4.38. The molecule has 1 amide bonds. The normalized spacial score (nSPS) is 10.8. The van der Waals surface area contributed by atoms with Crippen molar-refractivity contribution in [3.8, 4) is 27.5 Å². The van der Waals surface area contributed by atoms with E-state index in [2.05, 4.69) is 15.3 Å². The number of carbonyl (C=O) groups is 1. The molecule has 0 bridgehead atoms. The SMILES string of the molecule is O=C(NCc1cn(-c2ccccc2)nc1-c1ccncc1)c1cnc(-c2ccccc2Cl)s1. The quantitative estimate of drug-likeness (QED) is 0.347. The number of nitrogens with one attached hydrogen (secondary N) is 1. The molecule has 3 heterocycles. The van der Waals surface area contributed by atoms with Crippen LogP contribution in [0, 0.1) is 0 Å².